The molecule has 3 heterocycles. The Hall–Kier alpha value is -3.22. The first-order valence-electron chi connectivity index (χ1n) is 9.05. The highest BCUT2D eigenvalue weighted by atomic mass is 19.4. The van der Waals surface area contributed by atoms with Crippen molar-refractivity contribution >= 4 is 11.8 Å². The largest absolute Gasteiger partial charge is 0.433 e. The zero-order chi connectivity index (χ0) is 23.0. The smallest absolute Gasteiger partial charge is 0.316 e. The SMILES string of the molecule is CC(C)N=C1NC(c2nccc(C(F)(F)F)n2)=NC(N)(c2ccnc(C(C)(F)F)c2)N1. The second-order valence-corrected chi connectivity index (χ2v) is 7.13. The normalized spacial score (nSPS) is 21.0. The van der Waals surface area contributed by atoms with Crippen molar-refractivity contribution in [3.05, 3.63) is 53.4 Å². The van der Waals surface area contributed by atoms with Crippen LogP contribution < -0.4 is 16.4 Å². The van der Waals surface area contributed by atoms with Crippen molar-refractivity contribution in [2.45, 2.75) is 44.7 Å². The fourth-order valence-corrected chi connectivity index (χ4v) is 2.66. The van der Waals surface area contributed by atoms with E-state index >= 15 is 0 Å². The Balaban J connectivity index is 2.14. The standard InChI is InChI=1S/C18H19F5N8/c1-9(2)27-15-29-14(13-26-7-5-11(28-13)17(21,22)23)30-18(24,31-15)10-4-6-25-12(8-10)16(3,19)20/h4-9H,24H2,1-3H3,(H2,27,29,30,31). The van der Waals surface area contributed by atoms with Gasteiger partial charge in [0.25, 0.3) is 5.92 Å². The highest BCUT2D eigenvalue weighted by Crippen LogP contribution is 2.29. The first-order chi connectivity index (χ1) is 14.3. The van der Waals surface area contributed by atoms with E-state index in [4.69, 9.17) is 5.73 Å². The van der Waals surface area contributed by atoms with E-state index in [0.717, 1.165) is 18.5 Å². The predicted molar refractivity (Wildman–Crippen MR) is 102 cm³/mol. The monoisotopic (exact) mass is 442 g/mol. The average molecular weight is 442 g/mol. The minimum atomic E-state index is -4.70. The molecule has 1 aliphatic heterocycles. The lowest BCUT2D eigenvalue weighted by Gasteiger charge is -2.34. The minimum Gasteiger partial charge on any atom is -0.316 e. The predicted octanol–water partition coefficient (Wildman–Crippen LogP) is 2.48. The van der Waals surface area contributed by atoms with Crippen molar-refractivity contribution in [2.75, 3.05) is 0 Å². The molecule has 2 aromatic heterocycles. The summed E-state index contributed by atoms with van der Waals surface area (Å²) in [6, 6.07) is 2.88. The van der Waals surface area contributed by atoms with Gasteiger partial charge in [0, 0.05) is 30.9 Å². The summed E-state index contributed by atoms with van der Waals surface area (Å²) in [4.78, 5) is 19.4. The van der Waals surface area contributed by atoms with Gasteiger partial charge < -0.3 is 10.6 Å². The summed E-state index contributed by atoms with van der Waals surface area (Å²) in [5, 5.41) is 5.48. The Morgan fingerprint density at radius 3 is 2.35 bits per heavy atom. The molecule has 0 spiro atoms. The number of nitrogens with two attached hydrogens (primary N) is 1. The molecule has 2 aromatic rings. The fraction of sp³-hybridized carbons (Fsp3) is 0.389. The van der Waals surface area contributed by atoms with Crippen molar-refractivity contribution < 1.29 is 22.0 Å². The summed E-state index contributed by atoms with van der Waals surface area (Å²) in [6.45, 7) is 4.18. The van der Waals surface area contributed by atoms with Crippen LogP contribution in [-0.2, 0) is 17.9 Å². The maximum atomic E-state index is 13.8. The Bertz CT molecular complexity index is 1030. The maximum absolute atomic E-state index is 13.8. The van der Waals surface area contributed by atoms with E-state index in [1.165, 1.54) is 6.07 Å². The number of aliphatic imine (C=N–C) groups is 2. The second kappa shape index (κ2) is 7.80. The van der Waals surface area contributed by atoms with Crippen LogP contribution in [0.3, 0.4) is 0 Å². The molecule has 0 amide bonds. The van der Waals surface area contributed by atoms with E-state index in [-0.39, 0.29) is 23.4 Å². The Labute approximate surface area is 173 Å². The van der Waals surface area contributed by atoms with Crippen molar-refractivity contribution in [1.29, 1.82) is 0 Å². The minimum absolute atomic E-state index is 0.0603. The molecule has 1 unspecified atom stereocenters. The Kier molecular flexibility index (Phi) is 5.65. The lowest BCUT2D eigenvalue weighted by molar-refractivity contribution is -0.141. The number of nitrogens with one attached hydrogen (secondary N) is 2. The van der Waals surface area contributed by atoms with Gasteiger partial charge in [-0.05, 0) is 32.0 Å². The van der Waals surface area contributed by atoms with Crippen molar-refractivity contribution in [2.24, 2.45) is 15.7 Å². The number of hydrogen-bond donors (Lipinski definition) is 3. The molecule has 13 heteroatoms. The van der Waals surface area contributed by atoms with Gasteiger partial charge in [0.05, 0.1) is 0 Å². The summed E-state index contributed by atoms with van der Waals surface area (Å²) in [5.41, 5.74) is 4.70. The van der Waals surface area contributed by atoms with Crippen LogP contribution in [0.1, 0.15) is 43.5 Å². The molecule has 0 aliphatic carbocycles. The van der Waals surface area contributed by atoms with E-state index in [1.807, 2.05) is 0 Å². The van der Waals surface area contributed by atoms with Gasteiger partial charge in [-0.25, -0.2) is 15.0 Å². The third-order valence-electron chi connectivity index (χ3n) is 4.03. The number of rotatable bonds is 4. The topological polar surface area (TPSA) is 113 Å². The molecule has 4 N–H and O–H groups in total. The molecule has 0 saturated heterocycles. The van der Waals surface area contributed by atoms with E-state index in [0.29, 0.717) is 13.0 Å². The highest BCUT2D eigenvalue weighted by molar-refractivity contribution is 6.08. The van der Waals surface area contributed by atoms with Crippen LogP contribution in [0.2, 0.25) is 0 Å². The summed E-state index contributed by atoms with van der Waals surface area (Å²) < 4.78 is 66.7. The molecule has 3 rings (SSSR count). The van der Waals surface area contributed by atoms with Crippen molar-refractivity contribution in [3.63, 3.8) is 0 Å². The van der Waals surface area contributed by atoms with Gasteiger partial charge in [-0.3, -0.25) is 15.7 Å². The summed E-state index contributed by atoms with van der Waals surface area (Å²) >= 11 is 0. The van der Waals surface area contributed by atoms with Crippen LogP contribution in [0.15, 0.2) is 40.6 Å². The summed E-state index contributed by atoms with van der Waals surface area (Å²) in [7, 11) is 0. The fourth-order valence-electron chi connectivity index (χ4n) is 2.66. The number of aromatic nitrogens is 3. The van der Waals surface area contributed by atoms with Gasteiger partial charge in [-0.15, -0.1) is 0 Å². The van der Waals surface area contributed by atoms with Crippen LogP contribution in [0.25, 0.3) is 0 Å². The van der Waals surface area contributed by atoms with Crippen LogP contribution >= 0.6 is 0 Å². The van der Waals surface area contributed by atoms with Gasteiger partial charge in [0.2, 0.25) is 11.7 Å². The van der Waals surface area contributed by atoms with Crippen molar-refractivity contribution in [1.82, 2.24) is 25.6 Å². The number of pyridine rings is 1. The number of alkyl halides is 5. The Morgan fingerprint density at radius 2 is 1.74 bits per heavy atom. The summed E-state index contributed by atoms with van der Waals surface area (Å²) in [6.07, 6.45) is -2.64. The average Bonchev–Trinajstić information content (AvgIpc) is 2.66. The molecule has 0 radical (unpaired) electrons. The zero-order valence-electron chi connectivity index (χ0n) is 16.7. The van der Waals surface area contributed by atoms with Gasteiger partial charge in [0.1, 0.15) is 11.4 Å². The molecule has 1 aliphatic rings. The molecule has 0 fully saturated rings. The number of nitrogens with zero attached hydrogens (tertiary/aromatic N) is 5. The Morgan fingerprint density at radius 1 is 1.06 bits per heavy atom. The molecule has 166 valence electrons. The molecular formula is C18H19F5N8. The van der Waals surface area contributed by atoms with Crippen LogP contribution in [0.4, 0.5) is 22.0 Å². The third-order valence-corrected chi connectivity index (χ3v) is 4.03. The van der Waals surface area contributed by atoms with E-state index in [2.05, 4.69) is 35.6 Å². The molecule has 8 nitrogen and oxygen atoms in total. The van der Waals surface area contributed by atoms with E-state index < -0.39 is 35.1 Å². The third kappa shape index (κ3) is 5.10. The quantitative estimate of drug-likeness (QED) is 0.627. The summed E-state index contributed by atoms with van der Waals surface area (Å²) in [5.74, 6) is -5.64. The number of guanidine groups is 1. The number of hydrogen-bond acceptors (Lipinski definition) is 6. The molecule has 0 aromatic carbocycles. The molecule has 1 atom stereocenters. The van der Waals surface area contributed by atoms with Crippen LogP contribution in [-0.4, -0.2) is 32.8 Å². The number of halogens is 5. The van der Waals surface area contributed by atoms with Crippen LogP contribution in [0.5, 0.6) is 0 Å². The molecule has 0 bridgehead atoms. The van der Waals surface area contributed by atoms with Crippen LogP contribution in [0, 0.1) is 0 Å². The highest BCUT2D eigenvalue weighted by Gasteiger charge is 2.38. The van der Waals surface area contributed by atoms with Gasteiger partial charge >= 0.3 is 6.18 Å². The van der Waals surface area contributed by atoms with E-state index in [9.17, 15) is 22.0 Å². The first-order valence-corrected chi connectivity index (χ1v) is 9.05. The first kappa shape index (κ1) is 22.5. The molecule has 31 heavy (non-hydrogen) atoms. The maximum Gasteiger partial charge on any atom is 0.433 e. The van der Waals surface area contributed by atoms with Gasteiger partial charge in [-0.1, -0.05) is 0 Å². The zero-order valence-corrected chi connectivity index (χ0v) is 16.7. The van der Waals surface area contributed by atoms with Crippen molar-refractivity contribution in [3.8, 4) is 0 Å². The molecule has 0 saturated carbocycles. The molecular weight excluding hydrogens is 423 g/mol. The lowest BCUT2D eigenvalue weighted by Crippen LogP contribution is -2.61. The lowest BCUT2D eigenvalue weighted by atomic mass is 10.1. The van der Waals surface area contributed by atoms with Gasteiger partial charge in [0.15, 0.2) is 11.7 Å². The van der Waals surface area contributed by atoms with E-state index in [1.54, 1.807) is 13.8 Å². The number of amidine groups is 1. The van der Waals surface area contributed by atoms with Gasteiger partial charge in [-0.2, -0.15) is 22.0 Å². The second-order valence-electron chi connectivity index (χ2n) is 7.13.